The molecule has 2 heterocycles. The van der Waals surface area contributed by atoms with E-state index in [2.05, 4.69) is 21.8 Å². The largest absolute Gasteiger partial charge is 1.00 e. The maximum atomic E-state index is 10.5. The summed E-state index contributed by atoms with van der Waals surface area (Å²) >= 11 is 8.15. The normalized spacial score (nSPS) is 9.48. The van der Waals surface area contributed by atoms with Crippen molar-refractivity contribution < 1.29 is 60.2 Å². The van der Waals surface area contributed by atoms with Gasteiger partial charge in [0.1, 0.15) is 4.64 Å². The van der Waals surface area contributed by atoms with Gasteiger partial charge in [0.2, 0.25) is 0 Å². The van der Waals surface area contributed by atoms with E-state index in [4.69, 9.17) is 45.1 Å². The number of halogens is 2. The van der Waals surface area contributed by atoms with Crippen LogP contribution < -0.4 is 34.2 Å². The van der Waals surface area contributed by atoms with Gasteiger partial charge in [-0.15, -0.1) is 0 Å². The number of hydrogen-bond acceptors (Lipinski definition) is 7. The van der Waals surface area contributed by atoms with Gasteiger partial charge in [-0.1, -0.05) is 24.4 Å². The van der Waals surface area contributed by atoms with Crippen molar-refractivity contribution in [3.8, 4) is 0 Å². The van der Waals surface area contributed by atoms with E-state index in [1.54, 1.807) is 12.1 Å². The Bertz CT molecular complexity index is 807. The molecule has 9 nitrogen and oxygen atoms in total. The standard InChI is InChI=1S/C5H4ClNO2S.C5H5NS.ClO.Na.H2O4S/c6-10(8,9)5-3-1-2-4-7-5;7-5-3-1-2-4-6-5;1-2;;1-5(2,3)4/h1-4H;1-4H,(H,6,7);;;(H2,1,2,3,4)/q;;-1;+1;. The summed E-state index contributed by atoms with van der Waals surface area (Å²) in [6.45, 7) is 0. The molecule has 0 amide bonds. The molecule has 0 saturated heterocycles. The fourth-order valence-electron chi connectivity index (χ4n) is 0.868. The first kappa shape index (κ1) is 29.6. The fourth-order valence-corrected chi connectivity index (χ4v) is 1.72. The minimum Gasteiger partial charge on any atom is -0.769 e. The van der Waals surface area contributed by atoms with Gasteiger partial charge in [0.05, 0.1) is 0 Å². The Morgan fingerprint density at radius 3 is 1.72 bits per heavy atom. The Morgan fingerprint density at radius 2 is 1.52 bits per heavy atom. The van der Waals surface area contributed by atoms with E-state index in [9.17, 15) is 8.42 Å². The van der Waals surface area contributed by atoms with Gasteiger partial charge in [-0.05, 0) is 24.3 Å². The number of nitrogens with zero attached hydrogens (tertiary/aromatic N) is 1. The van der Waals surface area contributed by atoms with Crippen LogP contribution in [0, 0.1) is 4.64 Å². The van der Waals surface area contributed by atoms with Gasteiger partial charge in [0.15, 0.2) is 5.03 Å². The van der Waals surface area contributed by atoms with E-state index < -0.39 is 19.4 Å². The molecule has 3 N–H and O–H groups in total. The van der Waals surface area contributed by atoms with Gasteiger partial charge < -0.3 is 9.64 Å². The average Bonchev–Trinajstić information content (AvgIpc) is 2.49. The van der Waals surface area contributed by atoms with Gasteiger partial charge in [0, 0.05) is 23.1 Å². The van der Waals surface area contributed by atoms with Gasteiger partial charge in [-0.2, -0.15) is 8.42 Å². The molecule has 0 aliphatic carbocycles. The van der Waals surface area contributed by atoms with Crippen molar-refractivity contribution >= 4 is 54.2 Å². The van der Waals surface area contributed by atoms with Crippen LogP contribution in [-0.2, 0) is 19.4 Å². The van der Waals surface area contributed by atoms with Crippen molar-refractivity contribution in [2.75, 3.05) is 0 Å². The molecule has 15 heteroatoms. The smallest absolute Gasteiger partial charge is 0.769 e. The third kappa shape index (κ3) is 23.9. The number of hydrogen-bond donors (Lipinski definition) is 3. The Balaban J connectivity index is -0.000000286. The minimum absolute atomic E-state index is 0. The monoisotopic (exact) mass is 460 g/mol. The summed E-state index contributed by atoms with van der Waals surface area (Å²) in [4.78, 5) is 6.38. The molecule has 136 valence electrons. The van der Waals surface area contributed by atoms with E-state index in [1.165, 1.54) is 12.3 Å². The summed E-state index contributed by atoms with van der Waals surface area (Å²) in [6.07, 6.45) is 3.18. The van der Waals surface area contributed by atoms with Crippen LogP contribution in [0.4, 0.5) is 0 Å². The molecule has 2 aromatic rings. The number of H-pyrrole nitrogens is 1. The molecular weight excluding hydrogens is 450 g/mol. The van der Waals surface area contributed by atoms with Crippen LogP contribution in [0.3, 0.4) is 0 Å². The molecule has 0 aliphatic rings. The second-order valence-electron chi connectivity index (χ2n) is 3.28. The van der Waals surface area contributed by atoms with Crippen molar-refractivity contribution in [3.05, 3.63) is 53.4 Å². The zero-order valence-corrected chi connectivity index (χ0v) is 18.4. The first-order valence-electron chi connectivity index (χ1n) is 5.35. The van der Waals surface area contributed by atoms with Gasteiger partial charge >= 0.3 is 40.0 Å². The molecule has 0 saturated carbocycles. The molecule has 0 bridgehead atoms. The molecule has 0 aliphatic heterocycles. The Morgan fingerprint density at radius 1 is 1.04 bits per heavy atom. The molecule has 0 unspecified atom stereocenters. The van der Waals surface area contributed by atoms with E-state index >= 15 is 0 Å². The predicted octanol–water partition coefficient (Wildman–Crippen LogP) is -1.40. The van der Waals surface area contributed by atoms with Crippen LogP contribution in [0.2, 0.25) is 0 Å². The van der Waals surface area contributed by atoms with E-state index in [1.807, 2.05) is 24.4 Å². The number of pyridine rings is 2. The summed E-state index contributed by atoms with van der Waals surface area (Å²) in [6, 6.07) is 10.2. The van der Waals surface area contributed by atoms with Gasteiger partial charge in [-0.3, -0.25) is 9.11 Å². The Hall–Kier alpha value is -0.120. The van der Waals surface area contributed by atoms with Crippen LogP contribution in [0.25, 0.3) is 0 Å². The minimum atomic E-state index is -4.67. The zero-order chi connectivity index (χ0) is 19.2. The first-order chi connectivity index (χ1) is 11.0. The molecule has 25 heavy (non-hydrogen) atoms. The van der Waals surface area contributed by atoms with E-state index in [0.717, 1.165) is 4.64 Å². The average molecular weight is 461 g/mol. The van der Waals surface area contributed by atoms with E-state index in [-0.39, 0.29) is 34.6 Å². The number of rotatable bonds is 1. The topological polar surface area (TPSA) is 160 Å². The molecule has 2 aromatic heterocycles. The van der Waals surface area contributed by atoms with Crippen LogP contribution >= 0.6 is 34.8 Å². The van der Waals surface area contributed by atoms with Crippen molar-refractivity contribution in [2.45, 2.75) is 5.03 Å². The maximum Gasteiger partial charge on any atom is 1.00 e. The Labute approximate surface area is 181 Å². The molecular formula is C10H11Cl2N2NaO7S3. The van der Waals surface area contributed by atoms with Crippen LogP contribution in [0.15, 0.2) is 53.8 Å². The second-order valence-corrected chi connectivity index (χ2v) is 7.13. The quantitative estimate of drug-likeness (QED) is 0.201. The number of aromatic amines is 1. The third-order valence-corrected chi connectivity index (χ3v) is 3.04. The summed E-state index contributed by atoms with van der Waals surface area (Å²) in [5.74, 6) is 0. The van der Waals surface area contributed by atoms with Gasteiger partial charge in [0.25, 0.3) is 9.05 Å². The predicted molar refractivity (Wildman–Crippen MR) is 88.9 cm³/mol. The van der Waals surface area contributed by atoms with Gasteiger partial charge in [-0.25, -0.2) is 25.3 Å². The Kier molecular flexibility index (Phi) is 19.1. The van der Waals surface area contributed by atoms with Crippen LogP contribution in [0.5, 0.6) is 0 Å². The summed E-state index contributed by atoms with van der Waals surface area (Å²) < 4.78 is 61.2. The summed E-state index contributed by atoms with van der Waals surface area (Å²) in [5.41, 5.74) is 0. The van der Waals surface area contributed by atoms with Crippen LogP contribution in [-0.4, -0.2) is 35.9 Å². The van der Waals surface area contributed by atoms with Crippen molar-refractivity contribution in [1.29, 1.82) is 0 Å². The summed E-state index contributed by atoms with van der Waals surface area (Å²) in [7, 11) is -3.34. The maximum absolute atomic E-state index is 10.5. The summed E-state index contributed by atoms with van der Waals surface area (Å²) in [5, 5.41) is -0.114. The molecule has 0 atom stereocenters. The van der Waals surface area contributed by atoms with Crippen molar-refractivity contribution in [2.24, 2.45) is 0 Å². The number of nitrogens with one attached hydrogen (secondary N) is 1. The first-order valence-corrected chi connectivity index (χ1v) is 9.77. The second kappa shape index (κ2) is 16.1. The van der Waals surface area contributed by atoms with Crippen LogP contribution in [0.1, 0.15) is 0 Å². The molecule has 0 radical (unpaired) electrons. The number of aromatic nitrogens is 2. The molecule has 0 spiro atoms. The fraction of sp³-hybridized carbons (Fsp3) is 0. The SMILES string of the molecule is O=S(=O)(Cl)c1ccccn1.O=S(=O)(O)O.S=c1cccc[nH]1.[Na+].[O-]Cl. The zero-order valence-electron chi connectivity index (χ0n) is 12.5. The van der Waals surface area contributed by atoms with E-state index in [0.29, 0.717) is 0 Å². The molecule has 2 rings (SSSR count). The van der Waals surface area contributed by atoms with Crippen molar-refractivity contribution in [1.82, 2.24) is 9.97 Å². The third-order valence-electron chi connectivity index (χ3n) is 1.57. The molecule has 0 fully saturated rings. The molecule has 0 aromatic carbocycles. The van der Waals surface area contributed by atoms with Crippen molar-refractivity contribution in [3.63, 3.8) is 0 Å².